The Bertz CT molecular complexity index is 490. The van der Waals surface area contributed by atoms with Crippen molar-refractivity contribution in [2.24, 2.45) is 0 Å². The van der Waals surface area contributed by atoms with E-state index in [1.807, 2.05) is 6.07 Å². The number of hydrogen-bond acceptors (Lipinski definition) is 3. The number of alkyl halides is 1. The maximum atomic E-state index is 10.7. The highest BCUT2D eigenvalue weighted by atomic mass is 79.9. The van der Waals surface area contributed by atoms with Crippen LogP contribution in [0.5, 0.6) is 0 Å². The molecule has 1 aromatic heterocycles. The number of rotatable bonds is 2. The second kappa shape index (κ2) is 4.04. The number of hydrogen-bond donors (Lipinski definition) is 1. The molecule has 0 aliphatic heterocycles. The van der Waals surface area contributed by atoms with E-state index in [9.17, 15) is 4.79 Å². The quantitative estimate of drug-likeness (QED) is 0.503. The first kappa shape index (κ1) is 10.2. The van der Waals surface area contributed by atoms with Crippen molar-refractivity contribution in [1.82, 2.24) is 0 Å². The number of thiol groups is 1. The smallest absolute Gasteiger partial charge is 0.161 e. The number of benzene rings is 1. The van der Waals surface area contributed by atoms with E-state index in [1.165, 1.54) is 16.9 Å². The molecule has 0 unspecified atom stereocenters. The maximum absolute atomic E-state index is 10.7. The van der Waals surface area contributed by atoms with Crippen LogP contribution in [-0.2, 0) is 5.33 Å². The Morgan fingerprint density at radius 3 is 2.93 bits per heavy atom. The fraction of sp³-hybridized carbons (Fsp3) is 0.100. The van der Waals surface area contributed by atoms with E-state index < -0.39 is 0 Å². The largest absolute Gasteiger partial charge is 0.297 e. The van der Waals surface area contributed by atoms with Crippen LogP contribution in [0.3, 0.4) is 0 Å². The van der Waals surface area contributed by atoms with Crippen molar-refractivity contribution in [3.05, 3.63) is 28.6 Å². The van der Waals surface area contributed by atoms with Crippen LogP contribution in [0.2, 0.25) is 0 Å². The Morgan fingerprint density at radius 2 is 2.29 bits per heavy atom. The molecule has 0 atom stereocenters. The minimum atomic E-state index is 0.704. The second-order valence-electron chi connectivity index (χ2n) is 2.90. The first-order chi connectivity index (χ1) is 6.76. The molecule has 2 aromatic rings. The summed E-state index contributed by atoms with van der Waals surface area (Å²) in [5, 5.41) is 1.89. The molecule has 0 aliphatic carbocycles. The zero-order chi connectivity index (χ0) is 10.1. The molecule has 1 nitrogen and oxygen atoms in total. The summed E-state index contributed by atoms with van der Waals surface area (Å²) in [4.78, 5) is 12.2. The van der Waals surface area contributed by atoms with Crippen LogP contribution in [0.1, 0.15) is 15.2 Å². The second-order valence-corrected chi connectivity index (χ2v) is 4.99. The molecule has 72 valence electrons. The average molecular weight is 287 g/mol. The van der Waals surface area contributed by atoms with E-state index in [-0.39, 0.29) is 0 Å². The topological polar surface area (TPSA) is 17.1 Å². The molecule has 0 N–H and O–H groups in total. The molecule has 1 aromatic carbocycles. The normalized spacial score (nSPS) is 10.7. The Hall–Kier alpha value is -0.320. The molecule has 0 radical (unpaired) electrons. The van der Waals surface area contributed by atoms with Crippen LogP contribution >= 0.6 is 39.9 Å². The van der Waals surface area contributed by atoms with Crippen LogP contribution < -0.4 is 0 Å². The van der Waals surface area contributed by atoms with Gasteiger partial charge in [-0.2, -0.15) is 0 Å². The molecule has 14 heavy (non-hydrogen) atoms. The summed E-state index contributed by atoms with van der Waals surface area (Å²) in [5.74, 6) is 0. The molecule has 0 aliphatic rings. The first-order valence-corrected chi connectivity index (χ1v) is 6.40. The van der Waals surface area contributed by atoms with E-state index in [0.717, 1.165) is 26.6 Å². The predicted molar refractivity (Wildman–Crippen MR) is 67.1 cm³/mol. The van der Waals surface area contributed by atoms with Gasteiger partial charge in [-0.1, -0.05) is 22.0 Å². The number of fused-ring (bicyclic) bond motifs is 1. The lowest BCUT2D eigenvalue weighted by Gasteiger charge is -1.95. The molecule has 0 saturated heterocycles. The van der Waals surface area contributed by atoms with Gasteiger partial charge in [0, 0.05) is 20.3 Å². The Morgan fingerprint density at radius 1 is 1.50 bits per heavy atom. The van der Waals surface area contributed by atoms with Gasteiger partial charge in [-0.15, -0.1) is 24.0 Å². The summed E-state index contributed by atoms with van der Waals surface area (Å²) in [6, 6.07) is 6.15. The Kier molecular flexibility index (Phi) is 2.95. The van der Waals surface area contributed by atoms with Gasteiger partial charge in [0.15, 0.2) is 6.29 Å². The fourth-order valence-electron chi connectivity index (χ4n) is 1.31. The van der Waals surface area contributed by atoms with Gasteiger partial charge in [0.2, 0.25) is 0 Å². The van der Waals surface area contributed by atoms with Gasteiger partial charge < -0.3 is 0 Å². The summed E-state index contributed by atoms with van der Waals surface area (Å²) >= 11 is 9.23. The first-order valence-electron chi connectivity index (χ1n) is 4.02. The van der Waals surface area contributed by atoms with Crippen molar-refractivity contribution in [2.75, 3.05) is 0 Å². The van der Waals surface area contributed by atoms with Crippen LogP contribution in [0, 0.1) is 0 Å². The highest BCUT2D eigenvalue weighted by Gasteiger charge is 2.08. The molecular formula is C10H7BrOS2. The standard InChI is InChI=1S/C10H7BrOS2/c11-4-6-1-2-8-7(3-6)10(13)9(5-12)14-8/h1-3,5,13H,4H2. The van der Waals surface area contributed by atoms with Gasteiger partial charge in [0.25, 0.3) is 0 Å². The summed E-state index contributed by atoms with van der Waals surface area (Å²) in [7, 11) is 0. The average Bonchev–Trinajstić information content (AvgIpc) is 2.55. The SMILES string of the molecule is O=Cc1sc2ccc(CBr)cc2c1S. The third kappa shape index (κ3) is 1.62. The van der Waals surface area contributed by atoms with Gasteiger partial charge in [-0.3, -0.25) is 4.79 Å². The van der Waals surface area contributed by atoms with E-state index in [4.69, 9.17) is 0 Å². The molecule has 0 fully saturated rings. The molecule has 1 heterocycles. The predicted octanol–water partition coefficient (Wildman–Crippen LogP) is 3.90. The van der Waals surface area contributed by atoms with Crippen molar-refractivity contribution >= 4 is 56.3 Å². The monoisotopic (exact) mass is 286 g/mol. The molecule has 0 amide bonds. The minimum Gasteiger partial charge on any atom is -0.297 e. The zero-order valence-electron chi connectivity index (χ0n) is 7.16. The number of carbonyl (C=O) groups is 1. The van der Waals surface area contributed by atoms with Gasteiger partial charge in [-0.25, -0.2) is 0 Å². The van der Waals surface area contributed by atoms with Crippen molar-refractivity contribution in [3.8, 4) is 0 Å². The van der Waals surface area contributed by atoms with E-state index in [0.29, 0.717) is 4.88 Å². The zero-order valence-corrected chi connectivity index (χ0v) is 10.5. The van der Waals surface area contributed by atoms with E-state index in [2.05, 4.69) is 40.7 Å². The third-order valence-electron chi connectivity index (χ3n) is 2.01. The van der Waals surface area contributed by atoms with Gasteiger partial charge in [-0.05, 0) is 17.7 Å². The summed E-state index contributed by atoms with van der Waals surface area (Å²) in [6.07, 6.45) is 0.862. The lowest BCUT2D eigenvalue weighted by molar-refractivity contribution is 0.112. The van der Waals surface area contributed by atoms with Gasteiger partial charge in [0.1, 0.15) is 0 Å². The fourth-order valence-corrected chi connectivity index (χ4v) is 3.01. The van der Waals surface area contributed by atoms with Crippen molar-refractivity contribution < 1.29 is 4.79 Å². The third-order valence-corrected chi connectivity index (χ3v) is 4.39. The summed E-state index contributed by atoms with van der Waals surface area (Å²) in [5.41, 5.74) is 1.20. The van der Waals surface area contributed by atoms with Crippen LogP contribution in [0.4, 0.5) is 0 Å². The lowest BCUT2D eigenvalue weighted by atomic mass is 10.2. The molecule has 0 spiro atoms. The molecule has 0 saturated carbocycles. The number of aldehydes is 1. The van der Waals surface area contributed by atoms with Crippen LogP contribution in [0.15, 0.2) is 23.1 Å². The maximum Gasteiger partial charge on any atom is 0.161 e. The van der Waals surface area contributed by atoms with Gasteiger partial charge >= 0.3 is 0 Å². The highest BCUT2D eigenvalue weighted by Crippen LogP contribution is 2.33. The molecule has 0 bridgehead atoms. The van der Waals surface area contributed by atoms with Crippen LogP contribution in [0.25, 0.3) is 10.1 Å². The van der Waals surface area contributed by atoms with E-state index in [1.54, 1.807) is 0 Å². The number of halogens is 1. The Labute approximate surface area is 99.7 Å². The van der Waals surface area contributed by atoms with Crippen molar-refractivity contribution in [3.63, 3.8) is 0 Å². The molecular weight excluding hydrogens is 280 g/mol. The number of carbonyl (C=O) groups excluding carboxylic acids is 1. The Balaban J connectivity index is 2.74. The number of thiophene rings is 1. The lowest BCUT2D eigenvalue weighted by Crippen LogP contribution is -1.76. The van der Waals surface area contributed by atoms with Gasteiger partial charge in [0.05, 0.1) is 4.88 Å². The summed E-state index contributed by atoms with van der Waals surface area (Å²) < 4.78 is 1.11. The summed E-state index contributed by atoms with van der Waals surface area (Å²) in [6.45, 7) is 0. The van der Waals surface area contributed by atoms with Crippen molar-refractivity contribution in [2.45, 2.75) is 10.2 Å². The van der Waals surface area contributed by atoms with Crippen LogP contribution in [-0.4, -0.2) is 6.29 Å². The molecule has 4 heteroatoms. The van der Waals surface area contributed by atoms with E-state index >= 15 is 0 Å². The van der Waals surface area contributed by atoms with Crippen molar-refractivity contribution in [1.29, 1.82) is 0 Å². The minimum absolute atomic E-state index is 0.704. The highest BCUT2D eigenvalue weighted by molar-refractivity contribution is 9.08. The molecule has 2 rings (SSSR count).